The van der Waals surface area contributed by atoms with Gasteiger partial charge in [-0.15, -0.1) is 0 Å². The third-order valence-electron chi connectivity index (χ3n) is 5.94. The van der Waals surface area contributed by atoms with E-state index in [9.17, 15) is 9.59 Å². The maximum absolute atomic E-state index is 13.5. The fourth-order valence-corrected chi connectivity index (χ4v) is 4.76. The average Bonchev–Trinajstić information content (AvgIpc) is 2.77. The van der Waals surface area contributed by atoms with E-state index in [1.165, 1.54) is 0 Å². The van der Waals surface area contributed by atoms with Gasteiger partial charge in [-0.05, 0) is 48.9 Å². The van der Waals surface area contributed by atoms with E-state index in [0.29, 0.717) is 29.2 Å². The molecule has 4 nitrogen and oxygen atoms in total. The van der Waals surface area contributed by atoms with Crippen molar-refractivity contribution in [3.8, 4) is 0 Å². The zero-order valence-corrected chi connectivity index (χ0v) is 18.5. The second kappa shape index (κ2) is 9.11. The van der Waals surface area contributed by atoms with Crippen LogP contribution in [0.25, 0.3) is 0 Å². The van der Waals surface area contributed by atoms with Crippen molar-refractivity contribution in [1.82, 2.24) is 5.32 Å². The first-order valence-electron chi connectivity index (χ1n) is 10.7. The van der Waals surface area contributed by atoms with E-state index in [1.807, 2.05) is 50.2 Å². The molecule has 1 aliphatic heterocycles. The van der Waals surface area contributed by atoms with Crippen molar-refractivity contribution in [2.24, 2.45) is 0 Å². The second-order valence-corrected chi connectivity index (χ2v) is 8.56. The molecule has 1 heterocycles. The molecule has 2 aliphatic rings. The third-order valence-corrected chi connectivity index (χ3v) is 6.17. The number of esters is 1. The highest BCUT2D eigenvalue weighted by Crippen LogP contribution is 2.46. The summed E-state index contributed by atoms with van der Waals surface area (Å²) in [6.45, 7) is 4.17. The number of carbonyl (C=O) groups excluding carboxylic acids is 2. The molecule has 0 radical (unpaired) electrons. The van der Waals surface area contributed by atoms with Gasteiger partial charge in [-0.3, -0.25) is 4.79 Å². The Bertz CT molecular complexity index is 1070. The highest BCUT2D eigenvalue weighted by Gasteiger charge is 2.41. The molecule has 2 aromatic carbocycles. The van der Waals surface area contributed by atoms with E-state index in [-0.39, 0.29) is 17.7 Å². The van der Waals surface area contributed by atoms with E-state index in [0.717, 1.165) is 35.4 Å². The van der Waals surface area contributed by atoms with E-state index < -0.39 is 5.92 Å². The highest BCUT2D eigenvalue weighted by molar-refractivity contribution is 6.30. The van der Waals surface area contributed by atoms with Crippen molar-refractivity contribution >= 4 is 23.4 Å². The molecule has 0 bridgehead atoms. The Balaban J connectivity index is 1.79. The van der Waals surface area contributed by atoms with Gasteiger partial charge in [0, 0.05) is 34.3 Å². The topological polar surface area (TPSA) is 55.4 Å². The van der Waals surface area contributed by atoms with Crippen LogP contribution in [0.15, 0.2) is 77.1 Å². The molecule has 160 valence electrons. The lowest BCUT2D eigenvalue weighted by Gasteiger charge is -2.36. The van der Waals surface area contributed by atoms with Crippen LogP contribution in [0.2, 0.25) is 5.02 Å². The lowest BCUT2D eigenvalue weighted by molar-refractivity contribution is -0.139. The SMILES string of the molecule is CCCOC(=O)C1=C(C)NC2=C(C(=O)C[C@H](c3ccccc3)C2)[C@H]1c1cccc(Cl)c1. The molecule has 0 unspecified atom stereocenters. The molecule has 0 saturated heterocycles. The summed E-state index contributed by atoms with van der Waals surface area (Å²) in [6, 6.07) is 17.5. The van der Waals surface area contributed by atoms with Crippen LogP contribution < -0.4 is 5.32 Å². The van der Waals surface area contributed by atoms with Gasteiger partial charge in [0.2, 0.25) is 0 Å². The van der Waals surface area contributed by atoms with Crippen molar-refractivity contribution in [1.29, 1.82) is 0 Å². The van der Waals surface area contributed by atoms with Gasteiger partial charge in [0.25, 0.3) is 0 Å². The molecule has 0 amide bonds. The number of dihydropyridines is 1. The third kappa shape index (κ3) is 4.31. The molecule has 4 rings (SSSR count). The fraction of sp³-hybridized carbons (Fsp3) is 0.308. The van der Waals surface area contributed by atoms with Crippen molar-refractivity contribution in [3.63, 3.8) is 0 Å². The number of Topliss-reactive ketones (excluding diaryl/α,β-unsaturated/α-hetero) is 1. The molecule has 0 fully saturated rings. The Morgan fingerprint density at radius 2 is 1.84 bits per heavy atom. The molecule has 5 heteroatoms. The standard InChI is InChI=1S/C26H26ClNO3/c1-3-12-31-26(30)23-16(2)28-21-14-19(17-8-5-4-6-9-17)15-22(29)25(21)24(23)18-10-7-11-20(27)13-18/h4-11,13,19,24,28H,3,12,14-15H2,1-2H3/t19-,24+/m1/s1. The average molecular weight is 436 g/mol. The van der Waals surface area contributed by atoms with Crippen LogP contribution in [0.1, 0.15) is 56.1 Å². The number of halogens is 1. The lowest BCUT2D eigenvalue weighted by atomic mass is 9.72. The number of nitrogens with one attached hydrogen (secondary N) is 1. The van der Waals surface area contributed by atoms with Crippen molar-refractivity contribution in [2.75, 3.05) is 6.61 Å². The Hall–Kier alpha value is -2.85. The summed E-state index contributed by atoms with van der Waals surface area (Å²) in [5, 5.41) is 3.95. The smallest absolute Gasteiger partial charge is 0.336 e. The predicted octanol–water partition coefficient (Wildman–Crippen LogP) is 5.65. The van der Waals surface area contributed by atoms with E-state index >= 15 is 0 Å². The molecule has 0 saturated carbocycles. The minimum atomic E-state index is -0.483. The van der Waals surface area contributed by atoms with Crippen LogP contribution >= 0.6 is 11.6 Å². The molecular weight excluding hydrogens is 410 g/mol. The van der Waals surface area contributed by atoms with Gasteiger partial charge in [-0.2, -0.15) is 0 Å². The number of allylic oxidation sites excluding steroid dienone is 3. The molecule has 0 aromatic heterocycles. The van der Waals surface area contributed by atoms with E-state index in [2.05, 4.69) is 17.4 Å². The molecule has 0 spiro atoms. The van der Waals surface area contributed by atoms with Gasteiger partial charge in [0.05, 0.1) is 12.2 Å². The van der Waals surface area contributed by atoms with Gasteiger partial charge in [-0.1, -0.05) is 61.0 Å². The summed E-state index contributed by atoms with van der Waals surface area (Å²) in [4.78, 5) is 26.5. The van der Waals surface area contributed by atoms with Gasteiger partial charge in [0.1, 0.15) is 0 Å². The molecule has 1 aliphatic carbocycles. The fourth-order valence-electron chi connectivity index (χ4n) is 4.56. The monoisotopic (exact) mass is 435 g/mol. The molecule has 31 heavy (non-hydrogen) atoms. The highest BCUT2D eigenvalue weighted by atomic mass is 35.5. The summed E-state index contributed by atoms with van der Waals surface area (Å²) in [5.41, 5.74) is 4.74. The Kier molecular flexibility index (Phi) is 6.28. The largest absolute Gasteiger partial charge is 0.462 e. The van der Waals surface area contributed by atoms with Crippen LogP contribution in [-0.2, 0) is 14.3 Å². The van der Waals surface area contributed by atoms with Gasteiger partial charge in [0.15, 0.2) is 5.78 Å². The first-order chi connectivity index (χ1) is 15.0. The minimum Gasteiger partial charge on any atom is -0.462 e. The first-order valence-corrected chi connectivity index (χ1v) is 11.1. The van der Waals surface area contributed by atoms with E-state index in [4.69, 9.17) is 16.3 Å². The lowest BCUT2D eigenvalue weighted by Crippen LogP contribution is -2.36. The molecule has 1 N–H and O–H groups in total. The number of ketones is 1. The minimum absolute atomic E-state index is 0.0564. The number of carbonyl (C=O) groups is 2. The van der Waals surface area contributed by atoms with Crippen LogP contribution in [-0.4, -0.2) is 18.4 Å². The summed E-state index contributed by atoms with van der Waals surface area (Å²) >= 11 is 6.28. The van der Waals surface area contributed by atoms with Gasteiger partial charge in [-0.25, -0.2) is 4.79 Å². The molecular formula is C26H26ClNO3. The normalized spacial score (nSPS) is 20.9. The van der Waals surface area contributed by atoms with Crippen LogP contribution in [0.5, 0.6) is 0 Å². The molecule has 2 atom stereocenters. The second-order valence-electron chi connectivity index (χ2n) is 8.12. The maximum Gasteiger partial charge on any atom is 0.336 e. The first kappa shape index (κ1) is 21.4. The summed E-state index contributed by atoms with van der Waals surface area (Å²) in [5.74, 6) is -0.702. The number of ether oxygens (including phenoxy) is 1. The zero-order valence-electron chi connectivity index (χ0n) is 17.8. The number of hydrogen-bond acceptors (Lipinski definition) is 4. The number of hydrogen-bond donors (Lipinski definition) is 1. The Labute approximate surface area is 187 Å². The summed E-state index contributed by atoms with van der Waals surface area (Å²) in [6.07, 6.45) is 1.87. The van der Waals surface area contributed by atoms with Gasteiger partial charge >= 0.3 is 5.97 Å². The number of rotatable bonds is 5. The Morgan fingerprint density at radius 1 is 1.10 bits per heavy atom. The van der Waals surface area contributed by atoms with Crippen molar-refractivity contribution in [2.45, 2.75) is 44.9 Å². The molecule has 2 aromatic rings. The van der Waals surface area contributed by atoms with Crippen LogP contribution in [0.4, 0.5) is 0 Å². The van der Waals surface area contributed by atoms with Crippen LogP contribution in [0.3, 0.4) is 0 Å². The zero-order chi connectivity index (χ0) is 22.0. The predicted molar refractivity (Wildman–Crippen MR) is 122 cm³/mol. The van der Waals surface area contributed by atoms with Crippen molar-refractivity contribution in [3.05, 3.63) is 93.3 Å². The summed E-state index contributed by atoms with van der Waals surface area (Å²) < 4.78 is 5.48. The van der Waals surface area contributed by atoms with Gasteiger partial charge < -0.3 is 10.1 Å². The van der Waals surface area contributed by atoms with Crippen LogP contribution in [0, 0.1) is 0 Å². The van der Waals surface area contributed by atoms with Crippen molar-refractivity contribution < 1.29 is 14.3 Å². The maximum atomic E-state index is 13.5. The summed E-state index contributed by atoms with van der Waals surface area (Å²) in [7, 11) is 0. The Morgan fingerprint density at radius 3 is 2.55 bits per heavy atom. The quantitative estimate of drug-likeness (QED) is 0.616. The number of benzene rings is 2. The van der Waals surface area contributed by atoms with E-state index in [1.54, 1.807) is 6.07 Å².